The molecule has 0 radical (unpaired) electrons. The van der Waals surface area contributed by atoms with Gasteiger partial charge in [0.05, 0.1) is 19.1 Å². The van der Waals surface area contributed by atoms with Crippen molar-refractivity contribution in [3.05, 3.63) is 35.4 Å². The van der Waals surface area contributed by atoms with Crippen LogP contribution in [0, 0.1) is 11.3 Å². The molecular formula is C12H12N2O2. The third kappa shape index (κ3) is 3.14. The Bertz CT molecular complexity index is 459. The SMILES string of the molecule is COC(=O)CC=Cc1ccc(N)c(C#N)c1. The van der Waals surface area contributed by atoms with Crippen molar-refractivity contribution >= 4 is 17.7 Å². The number of hydrogen-bond acceptors (Lipinski definition) is 4. The molecule has 2 N–H and O–H groups in total. The molecule has 0 atom stereocenters. The van der Waals surface area contributed by atoms with Crippen molar-refractivity contribution in [3.8, 4) is 6.07 Å². The second-order valence-corrected chi connectivity index (χ2v) is 3.14. The topological polar surface area (TPSA) is 76.1 Å². The van der Waals surface area contributed by atoms with Crippen molar-refractivity contribution in [1.82, 2.24) is 0 Å². The molecule has 0 aromatic heterocycles. The Kier molecular flexibility index (Phi) is 4.10. The molecule has 82 valence electrons. The fourth-order valence-corrected chi connectivity index (χ4v) is 1.15. The van der Waals surface area contributed by atoms with Gasteiger partial charge in [0.1, 0.15) is 6.07 Å². The molecule has 0 amide bonds. The number of nitriles is 1. The van der Waals surface area contributed by atoms with Gasteiger partial charge in [0, 0.05) is 5.69 Å². The van der Waals surface area contributed by atoms with E-state index in [1.54, 1.807) is 30.4 Å². The Labute approximate surface area is 93.9 Å². The Morgan fingerprint density at radius 1 is 1.62 bits per heavy atom. The Morgan fingerprint density at radius 3 is 3.00 bits per heavy atom. The van der Waals surface area contributed by atoms with Crippen LogP contribution >= 0.6 is 0 Å². The van der Waals surface area contributed by atoms with Crippen molar-refractivity contribution in [2.45, 2.75) is 6.42 Å². The molecule has 0 aliphatic rings. The lowest BCUT2D eigenvalue weighted by molar-refractivity contribution is -0.139. The molecule has 16 heavy (non-hydrogen) atoms. The van der Waals surface area contributed by atoms with Crippen LogP contribution in [0.25, 0.3) is 6.08 Å². The van der Waals surface area contributed by atoms with Gasteiger partial charge in [0.2, 0.25) is 0 Å². The van der Waals surface area contributed by atoms with Gasteiger partial charge in [-0.3, -0.25) is 4.79 Å². The van der Waals surface area contributed by atoms with Gasteiger partial charge < -0.3 is 10.5 Å². The van der Waals surface area contributed by atoms with E-state index in [1.807, 2.05) is 6.07 Å². The second-order valence-electron chi connectivity index (χ2n) is 3.14. The summed E-state index contributed by atoms with van der Waals surface area (Å²) in [5, 5.41) is 8.77. The van der Waals surface area contributed by atoms with E-state index in [1.165, 1.54) is 7.11 Å². The minimum atomic E-state index is -0.299. The van der Waals surface area contributed by atoms with Crippen molar-refractivity contribution in [2.24, 2.45) is 0 Å². The first-order valence-corrected chi connectivity index (χ1v) is 4.70. The number of ether oxygens (including phenoxy) is 1. The number of nitrogen functional groups attached to an aromatic ring is 1. The largest absolute Gasteiger partial charge is 0.469 e. The molecule has 1 aromatic carbocycles. The van der Waals surface area contributed by atoms with E-state index in [-0.39, 0.29) is 12.4 Å². The molecule has 1 aromatic rings. The molecule has 0 aliphatic heterocycles. The molecule has 0 aliphatic carbocycles. The molecule has 4 nitrogen and oxygen atoms in total. The van der Waals surface area contributed by atoms with E-state index in [0.29, 0.717) is 11.3 Å². The smallest absolute Gasteiger partial charge is 0.309 e. The fourth-order valence-electron chi connectivity index (χ4n) is 1.15. The van der Waals surface area contributed by atoms with Crippen molar-refractivity contribution in [3.63, 3.8) is 0 Å². The number of nitrogens with zero attached hydrogens (tertiary/aromatic N) is 1. The van der Waals surface area contributed by atoms with Gasteiger partial charge in [0.25, 0.3) is 0 Å². The summed E-state index contributed by atoms with van der Waals surface area (Å²) in [6.45, 7) is 0. The number of carbonyl (C=O) groups is 1. The van der Waals surface area contributed by atoms with Crippen LogP contribution in [-0.4, -0.2) is 13.1 Å². The van der Waals surface area contributed by atoms with Gasteiger partial charge >= 0.3 is 5.97 Å². The Morgan fingerprint density at radius 2 is 2.38 bits per heavy atom. The molecule has 1 rings (SSSR count). The summed E-state index contributed by atoms with van der Waals surface area (Å²) in [5.41, 5.74) is 7.29. The first-order valence-electron chi connectivity index (χ1n) is 4.70. The monoisotopic (exact) mass is 216 g/mol. The van der Waals surface area contributed by atoms with Gasteiger partial charge in [-0.1, -0.05) is 18.2 Å². The molecule has 0 saturated carbocycles. The van der Waals surface area contributed by atoms with Gasteiger partial charge in [-0.25, -0.2) is 0 Å². The van der Waals surface area contributed by atoms with Crippen molar-refractivity contribution in [1.29, 1.82) is 5.26 Å². The standard InChI is InChI=1S/C12H12N2O2/c1-16-12(15)4-2-3-9-5-6-11(14)10(7-9)8-13/h2-3,5-7H,4,14H2,1H3. The zero-order valence-corrected chi connectivity index (χ0v) is 8.93. The number of rotatable bonds is 3. The van der Waals surface area contributed by atoms with Crippen LogP contribution < -0.4 is 5.73 Å². The highest BCUT2D eigenvalue weighted by atomic mass is 16.5. The maximum absolute atomic E-state index is 10.8. The molecule has 0 fully saturated rings. The van der Waals surface area contributed by atoms with Crippen LogP contribution in [-0.2, 0) is 9.53 Å². The maximum Gasteiger partial charge on any atom is 0.309 e. The van der Waals surface area contributed by atoms with Crippen LogP contribution in [0.1, 0.15) is 17.5 Å². The predicted molar refractivity (Wildman–Crippen MR) is 61.2 cm³/mol. The highest BCUT2D eigenvalue weighted by molar-refractivity contribution is 5.72. The number of nitrogens with two attached hydrogens (primary N) is 1. The molecule has 0 heterocycles. The molecule has 0 spiro atoms. The first-order chi connectivity index (χ1) is 7.67. The summed E-state index contributed by atoms with van der Waals surface area (Å²) in [4.78, 5) is 10.8. The number of esters is 1. The number of hydrogen-bond donors (Lipinski definition) is 1. The first kappa shape index (κ1) is 11.8. The predicted octanol–water partition coefficient (Wildman–Crippen LogP) is 1.72. The highest BCUT2D eigenvalue weighted by Crippen LogP contribution is 2.14. The lowest BCUT2D eigenvalue weighted by Crippen LogP contribution is -1.96. The Balaban J connectivity index is 2.75. The van der Waals surface area contributed by atoms with Gasteiger partial charge in [0.15, 0.2) is 0 Å². The molecule has 0 unspecified atom stereocenters. The lowest BCUT2D eigenvalue weighted by atomic mass is 10.1. The van der Waals surface area contributed by atoms with Crippen LogP contribution in [0.5, 0.6) is 0 Å². The van der Waals surface area contributed by atoms with Gasteiger partial charge in [-0.15, -0.1) is 0 Å². The minimum Gasteiger partial charge on any atom is -0.469 e. The van der Waals surface area contributed by atoms with Crippen LogP contribution in [0.3, 0.4) is 0 Å². The van der Waals surface area contributed by atoms with Crippen LogP contribution in [0.2, 0.25) is 0 Å². The summed E-state index contributed by atoms with van der Waals surface area (Å²) in [6.07, 6.45) is 3.64. The average Bonchev–Trinajstić information content (AvgIpc) is 2.31. The number of benzene rings is 1. The average molecular weight is 216 g/mol. The lowest BCUT2D eigenvalue weighted by Gasteiger charge is -1.98. The van der Waals surface area contributed by atoms with Crippen molar-refractivity contribution in [2.75, 3.05) is 12.8 Å². The third-order valence-corrected chi connectivity index (χ3v) is 2.02. The Hall–Kier alpha value is -2.28. The second kappa shape index (κ2) is 5.56. The molecule has 0 saturated heterocycles. The van der Waals surface area contributed by atoms with E-state index < -0.39 is 0 Å². The zero-order valence-electron chi connectivity index (χ0n) is 8.93. The summed E-state index contributed by atoms with van der Waals surface area (Å²) >= 11 is 0. The number of anilines is 1. The fraction of sp³-hybridized carbons (Fsp3) is 0.167. The summed E-state index contributed by atoms with van der Waals surface area (Å²) in [7, 11) is 1.34. The summed E-state index contributed by atoms with van der Waals surface area (Å²) in [5.74, 6) is -0.299. The normalized spacial score (nSPS) is 10.0. The highest BCUT2D eigenvalue weighted by Gasteiger charge is 1.98. The number of methoxy groups -OCH3 is 1. The zero-order chi connectivity index (χ0) is 12.0. The quantitative estimate of drug-likeness (QED) is 0.616. The third-order valence-electron chi connectivity index (χ3n) is 2.02. The van der Waals surface area contributed by atoms with Crippen LogP contribution in [0.4, 0.5) is 5.69 Å². The van der Waals surface area contributed by atoms with Gasteiger partial charge in [-0.05, 0) is 17.7 Å². The molecular weight excluding hydrogens is 204 g/mol. The molecule has 0 bridgehead atoms. The van der Waals surface area contributed by atoms with E-state index in [4.69, 9.17) is 11.0 Å². The van der Waals surface area contributed by atoms with Gasteiger partial charge in [-0.2, -0.15) is 5.26 Å². The molecule has 4 heteroatoms. The van der Waals surface area contributed by atoms with E-state index in [9.17, 15) is 4.79 Å². The minimum absolute atomic E-state index is 0.211. The van der Waals surface area contributed by atoms with Crippen LogP contribution in [0.15, 0.2) is 24.3 Å². The summed E-state index contributed by atoms with van der Waals surface area (Å²) < 4.78 is 4.49. The maximum atomic E-state index is 10.8. The summed E-state index contributed by atoms with van der Waals surface area (Å²) in [6, 6.07) is 7.11. The van der Waals surface area contributed by atoms with E-state index in [0.717, 1.165) is 5.56 Å². The van der Waals surface area contributed by atoms with Crippen molar-refractivity contribution < 1.29 is 9.53 Å². The van der Waals surface area contributed by atoms with E-state index in [2.05, 4.69) is 4.74 Å². The number of carbonyl (C=O) groups excluding carboxylic acids is 1. The van der Waals surface area contributed by atoms with E-state index >= 15 is 0 Å².